The Hall–Kier alpha value is -2.23. The summed E-state index contributed by atoms with van der Waals surface area (Å²) in [5.74, 6) is 1.41. The summed E-state index contributed by atoms with van der Waals surface area (Å²) in [5, 5.41) is 3.78. The average Bonchev–Trinajstić information content (AvgIpc) is 2.68. The lowest BCUT2D eigenvalue weighted by Gasteiger charge is -1.98. The first-order valence-electron chi connectivity index (χ1n) is 5.24. The first-order chi connectivity index (χ1) is 8.20. The molecule has 1 aromatic carbocycles. The molecule has 0 aliphatic carbocycles. The monoisotopic (exact) mass is 230 g/mol. The van der Waals surface area contributed by atoms with Crippen molar-refractivity contribution in [3.8, 4) is 5.75 Å². The normalized spacial score (nSPS) is 10.9. The molecule has 2 rings (SSSR count). The number of nitrogens with two attached hydrogens (primary N) is 1. The third-order valence-electron chi connectivity index (χ3n) is 2.48. The molecular weight excluding hydrogens is 216 g/mol. The van der Waals surface area contributed by atoms with Crippen molar-refractivity contribution >= 4 is 17.8 Å². The van der Waals surface area contributed by atoms with E-state index in [0.29, 0.717) is 17.1 Å². The molecule has 0 amide bonds. The summed E-state index contributed by atoms with van der Waals surface area (Å²) < 4.78 is 10.2. The minimum Gasteiger partial charge on any atom is -0.497 e. The SMILES string of the molecule is COc1ccc(/C=C/c2onc(C)c2N)cc1. The van der Waals surface area contributed by atoms with Gasteiger partial charge in [0.15, 0.2) is 5.76 Å². The van der Waals surface area contributed by atoms with Gasteiger partial charge in [-0.25, -0.2) is 0 Å². The molecule has 4 nitrogen and oxygen atoms in total. The molecule has 17 heavy (non-hydrogen) atoms. The first-order valence-corrected chi connectivity index (χ1v) is 5.24. The van der Waals surface area contributed by atoms with Gasteiger partial charge in [0.25, 0.3) is 0 Å². The van der Waals surface area contributed by atoms with Crippen LogP contribution in [0.25, 0.3) is 12.2 Å². The molecule has 4 heteroatoms. The van der Waals surface area contributed by atoms with Crippen LogP contribution in [0.3, 0.4) is 0 Å². The molecule has 0 aliphatic rings. The average molecular weight is 230 g/mol. The highest BCUT2D eigenvalue weighted by Gasteiger charge is 2.04. The molecule has 0 saturated heterocycles. The van der Waals surface area contributed by atoms with Gasteiger partial charge in [-0.3, -0.25) is 0 Å². The minimum atomic E-state index is 0.578. The van der Waals surface area contributed by atoms with Crippen LogP contribution in [0.5, 0.6) is 5.75 Å². The number of nitrogens with zero attached hydrogens (tertiary/aromatic N) is 1. The topological polar surface area (TPSA) is 61.3 Å². The maximum atomic E-state index is 5.78. The predicted molar refractivity (Wildman–Crippen MR) is 67.6 cm³/mol. The number of methoxy groups -OCH3 is 1. The molecule has 0 saturated carbocycles. The fourth-order valence-corrected chi connectivity index (χ4v) is 1.40. The molecule has 88 valence electrons. The molecule has 1 heterocycles. The highest BCUT2D eigenvalue weighted by Crippen LogP contribution is 2.19. The van der Waals surface area contributed by atoms with Gasteiger partial charge in [0, 0.05) is 0 Å². The smallest absolute Gasteiger partial charge is 0.182 e. The Bertz CT molecular complexity index is 527. The van der Waals surface area contributed by atoms with E-state index in [-0.39, 0.29) is 0 Å². The van der Waals surface area contributed by atoms with E-state index in [0.717, 1.165) is 11.3 Å². The Morgan fingerprint density at radius 3 is 2.47 bits per heavy atom. The summed E-state index contributed by atoms with van der Waals surface area (Å²) in [6, 6.07) is 7.70. The number of hydrogen-bond acceptors (Lipinski definition) is 4. The number of nitrogen functional groups attached to an aromatic ring is 1. The largest absolute Gasteiger partial charge is 0.497 e. The molecule has 0 spiro atoms. The van der Waals surface area contributed by atoms with E-state index in [1.54, 1.807) is 13.2 Å². The fraction of sp³-hybridized carbons (Fsp3) is 0.154. The van der Waals surface area contributed by atoms with E-state index in [1.807, 2.05) is 37.3 Å². The summed E-state index contributed by atoms with van der Waals surface area (Å²) in [7, 11) is 1.64. The van der Waals surface area contributed by atoms with E-state index < -0.39 is 0 Å². The van der Waals surface area contributed by atoms with Crippen LogP contribution in [0.2, 0.25) is 0 Å². The van der Waals surface area contributed by atoms with E-state index >= 15 is 0 Å². The zero-order valence-electron chi connectivity index (χ0n) is 9.81. The molecule has 0 aliphatic heterocycles. The van der Waals surface area contributed by atoms with Crippen LogP contribution in [0.15, 0.2) is 28.8 Å². The lowest BCUT2D eigenvalue weighted by Crippen LogP contribution is -1.86. The van der Waals surface area contributed by atoms with Crippen LogP contribution >= 0.6 is 0 Å². The summed E-state index contributed by atoms with van der Waals surface area (Å²) >= 11 is 0. The fourth-order valence-electron chi connectivity index (χ4n) is 1.40. The van der Waals surface area contributed by atoms with Crippen LogP contribution in [-0.4, -0.2) is 12.3 Å². The predicted octanol–water partition coefficient (Wildman–Crippen LogP) is 2.74. The molecule has 0 unspecified atom stereocenters. The van der Waals surface area contributed by atoms with Crippen molar-refractivity contribution in [2.75, 3.05) is 12.8 Å². The second kappa shape index (κ2) is 4.74. The lowest BCUT2D eigenvalue weighted by atomic mass is 10.2. The van der Waals surface area contributed by atoms with Gasteiger partial charge in [-0.05, 0) is 30.7 Å². The van der Waals surface area contributed by atoms with Crippen LogP contribution in [0.4, 0.5) is 5.69 Å². The summed E-state index contributed by atoms with van der Waals surface area (Å²) in [6.45, 7) is 1.81. The molecule has 0 fully saturated rings. The molecule has 0 bridgehead atoms. The van der Waals surface area contributed by atoms with Crippen LogP contribution in [-0.2, 0) is 0 Å². The van der Waals surface area contributed by atoms with Gasteiger partial charge in [-0.1, -0.05) is 23.4 Å². The van der Waals surface area contributed by atoms with Gasteiger partial charge in [0.2, 0.25) is 0 Å². The van der Waals surface area contributed by atoms with Gasteiger partial charge in [0.05, 0.1) is 7.11 Å². The number of anilines is 1. The van der Waals surface area contributed by atoms with Crippen molar-refractivity contribution < 1.29 is 9.26 Å². The van der Waals surface area contributed by atoms with E-state index in [2.05, 4.69) is 5.16 Å². The Morgan fingerprint density at radius 2 is 1.94 bits per heavy atom. The summed E-state index contributed by atoms with van der Waals surface area (Å²) in [6.07, 6.45) is 3.72. The van der Waals surface area contributed by atoms with Crippen LogP contribution in [0, 0.1) is 6.92 Å². The van der Waals surface area contributed by atoms with E-state index in [1.165, 1.54) is 0 Å². The van der Waals surface area contributed by atoms with Crippen molar-refractivity contribution in [2.45, 2.75) is 6.92 Å². The number of ether oxygens (including phenoxy) is 1. The highest BCUT2D eigenvalue weighted by atomic mass is 16.5. The summed E-state index contributed by atoms with van der Waals surface area (Å²) in [4.78, 5) is 0. The quantitative estimate of drug-likeness (QED) is 0.880. The Morgan fingerprint density at radius 1 is 1.24 bits per heavy atom. The lowest BCUT2D eigenvalue weighted by molar-refractivity contribution is 0.408. The maximum absolute atomic E-state index is 5.78. The van der Waals surface area contributed by atoms with Gasteiger partial charge in [-0.15, -0.1) is 0 Å². The van der Waals surface area contributed by atoms with Crippen molar-refractivity contribution in [1.82, 2.24) is 5.16 Å². The van der Waals surface area contributed by atoms with Crippen molar-refractivity contribution in [3.63, 3.8) is 0 Å². The van der Waals surface area contributed by atoms with Gasteiger partial charge in [0.1, 0.15) is 17.1 Å². The second-order valence-corrected chi connectivity index (χ2v) is 3.65. The van der Waals surface area contributed by atoms with E-state index in [4.69, 9.17) is 15.0 Å². The van der Waals surface area contributed by atoms with Gasteiger partial charge < -0.3 is 15.0 Å². The van der Waals surface area contributed by atoms with Gasteiger partial charge >= 0.3 is 0 Å². The van der Waals surface area contributed by atoms with E-state index in [9.17, 15) is 0 Å². The van der Waals surface area contributed by atoms with Crippen LogP contribution in [0.1, 0.15) is 17.0 Å². The second-order valence-electron chi connectivity index (χ2n) is 3.65. The molecule has 1 aromatic heterocycles. The Labute approximate surface area is 99.7 Å². The van der Waals surface area contributed by atoms with Crippen molar-refractivity contribution in [2.24, 2.45) is 0 Å². The molecular formula is C13H14N2O2. The number of rotatable bonds is 3. The highest BCUT2D eigenvalue weighted by molar-refractivity contribution is 5.73. The number of benzene rings is 1. The first kappa shape index (κ1) is 11.3. The minimum absolute atomic E-state index is 0.578. The maximum Gasteiger partial charge on any atom is 0.182 e. The van der Waals surface area contributed by atoms with Crippen LogP contribution < -0.4 is 10.5 Å². The molecule has 2 aromatic rings. The number of hydrogen-bond donors (Lipinski definition) is 1. The molecule has 0 radical (unpaired) electrons. The third-order valence-corrected chi connectivity index (χ3v) is 2.48. The molecule has 2 N–H and O–H groups in total. The molecule has 0 atom stereocenters. The van der Waals surface area contributed by atoms with Crippen molar-refractivity contribution in [1.29, 1.82) is 0 Å². The Kier molecular flexibility index (Phi) is 3.14. The standard InChI is InChI=1S/C13H14N2O2/c1-9-13(14)12(17-15-9)8-5-10-3-6-11(16-2)7-4-10/h3-8H,14H2,1-2H3/b8-5+. The van der Waals surface area contributed by atoms with Crippen molar-refractivity contribution in [3.05, 3.63) is 41.3 Å². The third kappa shape index (κ3) is 2.47. The number of aryl methyl sites for hydroxylation is 1. The Balaban J connectivity index is 2.17. The summed E-state index contributed by atoms with van der Waals surface area (Å²) in [5.41, 5.74) is 8.11. The zero-order chi connectivity index (χ0) is 12.3. The van der Waals surface area contributed by atoms with Gasteiger partial charge in [-0.2, -0.15) is 0 Å². The zero-order valence-corrected chi connectivity index (χ0v) is 9.81. The number of aromatic nitrogens is 1.